The Bertz CT molecular complexity index is 1360. The second kappa shape index (κ2) is 14.2. The molecule has 1 N–H and O–H groups in total. The summed E-state index contributed by atoms with van der Waals surface area (Å²) in [6.07, 6.45) is 3.35. The first-order valence-corrected chi connectivity index (χ1v) is 14.8. The SMILES string of the molecule is CCCc1cc(/C(CC(C)(C)c2ccccc2)=N\OC)ccc1OCCCOc1ccc(C2SC(=O)NC2=O)cc1. The molecule has 0 saturated carbocycles. The van der Waals surface area contributed by atoms with Crippen molar-refractivity contribution in [3.05, 3.63) is 95.1 Å². The molecule has 2 amide bonds. The van der Waals surface area contributed by atoms with Gasteiger partial charge in [-0.15, -0.1) is 0 Å². The minimum absolute atomic E-state index is 0.109. The van der Waals surface area contributed by atoms with Crippen LogP contribution in [-0.4, -0.2) is 37.2 Å². The van der Waals surface area contributed by atoms with E-state index in [1.807, 2.05) is 36.4 Å². The van der Waals surface area contributed by atoms with Crippen LogP contribution < -0.4 is 14.8 Å². The number of thioether (sulfide) groups is 1. The highest BCUT2D eigenvalue weighted by atomic mass is 32.2. The van der Waals surface area contributed by atoms with E-state index < -0.39 is 5.25 Å². The molecule has 0 aliphatic carbocycles. The van der Waals surface area contributed by atoms with Crippen LogP contribution in [0.5, 0.6) is 11.5 Å². The first-order valence-electron chi connectivity index (χ1n) is 14.0. The molecule has 3 aromatic rings. The summed E-state index contributed by atoms with van der Waals surface area (Å²) in [5.41, 5.74) is 5.02. The highest BCUT2D eigenvalue weighted by Crippen LogP contribution is 2.35. The average molecular weight is 575 g/mol. The lowest BCUT2D eigenvalue weighted by molar-refractivity contribution is -0.119. The molecule has 1 aliphatic heterocycles. The number of oxime groups is 1. The van der Waals surface area contributed by atoms with E-state index in [1.165, 1.54) is 5.56 Å². The van der Waals surface area contributed by atoms with Crippen LogP contribution in [0.1, 0.15) is 67.5 Å². The van der Waals surface area contributed by atoms with Crippen LogP contribution >= 0.6 is 11.8 Å². The Morgan fingerprint density at radius 1 is 0.976 bits per heavy atom. The van der Waals surface area contributed by atoms with Gasteiger partial charge in [-0.3, -0.25) is 14.9 Å². The summed E-state index contributed by atoms with van der Waals surface area (Å²) in [7, 11) is 1.59. The van der Waals surface area contributed by atoms with E-state index in [0.29, 0.717) is 25.4 Å². The maximum absolute atomic E-state index is 11.9. The van der Waals surface area contributed by atoms with Gasteiger partial charge in [0.25, 0.3) is 5.24 Å². The van der Waals surface area contributed by atoms with Gasteiger partial charge in [0.1, 0.15) is 23.9 Å². The van der Waals surface area contributed by atoms with E-state index in [2.05, 4.69) is 67.6 Å². The van der Waals surface area contributed by atoms with Gasteiger partial charge in [0.05, 0.1) is 18.9 Å². The second-order valence-electron chi connectivity index (χ2n) is 10.6. The number of carbonyl (C=O) groups is 2. The zero-order valence-corrected chi connectivity index (χ0v) is 25.0. The van der Waals surface area contributed by atoms with Crippen LogP contribution in [0, 0.1) is 0 Å². The molecular formula is C33H38N2O5S. The molecule has 0 radical (unpaired) electrons. The topological polar surface area (TPSA) is 86.2 Å². The number of hydrogen-bond acceptors (Lipinski definition) is 7. The number of aryl methyl sites for hydroxylation is 1. The molecule has 1 unspecified atom stereocenters. The van der Waals surface area contributed by atoms with Crippen LogP contribution in [0.3, 0.4) is 0 Å². The summed E-state index contributed by atoms with van der Waals surface area (Å²) >= 11 is 0.996. The lowest BCUT2D eigenvalue weighted by Gasteiger charge is -2.26. The zero-order chi connectivity index (χ0) is 29.2. The second-order valence-corrected chi connectivity index (χ2v) is 11.7. The number of imide groups is 1. The van der Waals surface area contributed by atoms with Crippen LogP contribution in [0.25, 0.3) is 0 Å². The van der Waals surface area contributed by atoms with Crippen molar-refractivity contribution in [1.82, 2.24) is 5.32 Å². The minimum atomic E-state index is -0.499. The molecule has 0 bridgehead atoms. The Labute approximate surface area is 246 Å². The van der Waals surface area contributed by atoms with Gasteiger partial charge < -0.3 is 14.3 Å². The van der Waals surface area contributed by atoms with Crippen molar-refractivity contribution in [2.75, 3.05) is 20.3 Å². The lowest BCUT2D eigenvalue weighted by atomic mass is 9.79. The number of nitrogens with zero attached hydrogens (tertiary/aromatic N) is 1. The molecule has 0 spiro atoms. The average Bonchev–Trinajstić information content (AvgIpc) is 3.31. The Morgan fingerprint density at radius 2 is 1.71 bits per heavy atom. The normalized spacial score (nSPS) is 15.5. The number of nitrogens with one attached hydrogen (secondary N) is 1. The molecule has 1 heterocycles. The largest absolute Gasteiger partial charge is 0.493 e. The van der Waals surface area contributed by atoms with E-state index in [4.69, 9.17) is 14.3 Å². The van der Waals surface area contributed by atoms with Crippen molar-refractivity contribution < 1.29 is 23.9 Å². The molecular weight excluding hydrogens is 536 g/mol. The molecule has 1 saturated heterocycles. The quantitative estimate of drug-likeness (QED) is 0.124. The standard InChI is InChI=1S/C33H38N2O5S/c1-5-10-25-21-24(28(35-38-4)22-33(2,3)26-11-7-6-8-12-26)15-18-29(25)40-20-9-19-39-27-16-13-23(14-17-27)30-31(36)34-32(37)41-30/h6-8,11-18,21,30H,5,9-10,19-20,22H2,1-4H3,(H,34,36,37)/b35-28-. The summed E-state index contributed by atoms with van der Waals surface area (Å²) in [5, 5.41) is 5.91. The Morgan fingerprint density at radius 3 is 2.37 bits per heavy atom. The highest BCUT2D eigenvalue weighted by molar-refractivity contribution is 8.15. The van der Waals surface area contributed by atoms with Crippen molar-refractivity contribution in [3.8, 4) is 11.5 Å². The van der Waals surface area contributed by atoms with Gasteiger partial charge in [-0.05, 0) is 76.2 Å². The number of benzene rings is 3. The zero-order valence-electron chi connectivity index (χ0n) is 24.1. The number of rotatable bonds is 14. The van der Waals surface area contributed by atoms with E-state index in [1.54, 1.807) is 7.11 Å². The van der Waals surface area contributed by atoms with E-state index in [-0.39, 0.29) is 16.6 Å². The van der Waals surface area contributed by atoms with E-state index >= 15 is 0 Å². The van der Waals surface area contributed by atoms with Gasteiger partial charge in [-0.25, -0.2) is 0 Å². The van der Waals surface area contributed by atoms with Crippen molar-refractivity contribution in [1.29, 1.82) is 0 Å². The van der Waals surface area contributed by atoms with Gasteiger partial charge in [0, 0.05) is 12.8 Å². The molecule has 8 heteroatoms. The molecule has 0 aromatic heterocycles. The van der Waals surface area contributed by atoms with Crippen LogP contribution in [-0.2, 0) is 21.5 Å². The Balaban J connectivity index is 1.33. The fraction of sp³-hybridized carbons (Fsp3) is 0.364. The fourth-order valence-electron chi connectivity index (χ4n) is 4.82. The van der Waals surface area contributed by atoms with Gasteiger partial charge in [0.2, 0.25) is 5.91 Å². The molecule has 1 atom stereocenters. The lowest BCUT2D eigenvalue weighted by Crippen LogP contribution is -2.22. The van der Waals surface area contributed by atoms with Crippen LogP contribution in [0.2, 0.25) is 0 Å². The Hall–Kier alpha value is -3.78. The third-order valence-electron chi connectivity index (χ3n) is 6.97. The third kappa shape index (κ3) is 8.13. The van der Waals surface area contributed by atoms with Gasteiger partial charge in [-0.1, -0.05) is 74.8 Å². The van der Waals surface area contributed by atoms with Gasteiger partial charge >= 0.3 is 0 Å². The smallest absolute Gasteiger partial charge is 0.286 e. The van der Waals surface area contributed by atoms with Crippen molar-refractivity contribution >= 4 is 28.6 Å². The molecule has 1 fully saturated rings. The number of ether oxygens (including phenoxy) is 2. The number of hydrogen-bond donors (Lipinski definition) is 1. The van der Waals surface area contributed by atoms with Crippen LogP contribution in [0.4, 0.5) is 4.79 Å². The molecule has 216 valence electrons. The fourth-order valence-corrected chi connectivity index (χ4v) is 5.65. The maximum Gasteiger partial charge on any atom is 0.286 e. The predicted octanol–water partition coefficient (Wildman–Crippen LogP) is 7.23. The highest BCUT2D eigenvalue weighted by Gasteiger charge is 2.32. The van der Waals surface area contributed by atoms with E-state index in [9.17, 15) is 9.59 Å². The summed E-state index contributed by atoms with van der Waals surface area (Å²) in [4.78, 5) is 28.5. The first-order chi connectivity index (χ1) is 19.8. The van der Waals surface area contributed by atoms with E-state index in [0.717, 1.165) is 59.2 Å². The van der Waals surface area contributed by atoms with Gasteiger partial charge in [-0.2, -0.15) is 0 Å². The van der Waals surface area contributed by atoms with Crippen molar-refractivity contribution in [3.63, 3.8) is 0 Å². The third-order valence-corrected chi connectivity index (χ3v) is 8.00. The van der Waals surface area contributed by atoms with Crippen molar-refractivity contribution in [2.24, 2.45) is 5.16 Å². The predicted molar refractivity (Wildman–Crippen MR) is 164 cm³/mol. The summed E-state index contributed by atoms with van der Waals surface area (Å²) in [6, 6.07) is 24.0. The number of amides is 2. The summed E-state index contributed by atoms with van der Waals surface area (Å²) < 4.78 is 12.0. The van der Waals surface area contributed by atoms with Crippen molar-refractivity contribution in [2.45, 2.75) is 57.1 Å². The minimum Gasteiger partial charge on any atom is -0.493 e. The maximum atomic E-state index is 11.9. The summed E-state index contributed by atoms with van der Waals surface area (Å²) in [6.45, 7) is 7.63. The van der Waals surface area contributed by atoms with Crippen LogP contribution in [0.15, 0.2) is 78.0 Å². The molecule has 1 aliphatic rings. The molecule has 4 rings (SSSR count). The van der Waals surface area contributed by atoms with Gasteiger partial charge in [0.15, 0.2) is 0 Å². The molecule has 41 heavy (non-hydrogen) atoms. The number of carbonyl (C=O) groups excluding carboxylic acids is 2. The first kappa shape index (κ1) is 30.2. The molecule has 3 aromatic carbocycles. The monoisotopic (exact) mass is 574 g/mol. The Kier molecular flexibility index (Phi) is 10.5. The molecule has 7 nitrogen and oxygen atoms in total. The summed E-state index contributed by atoms with van der Waals surface area (Å²) in [5.74, 6) is 1.31.